The number of fused-ring (bicyclic) bond motifs is 1. The van der Waals surface area contributed by atoms with Gasteiger partial charge in [0.2, 0.25) is 0 Å². The summed E-state index contributed by atoms with van der Waals surface area (Å²) in [6.07, 6.45) is 1.38. The quantitative estimate of drug-likeness (QED) is 0.580. The third kappa shape index (κ3) is 3.14. The van der Waals surface area contributed by atoms with Gasteiger partial charge in [-0.2, -0.15) is 0 Å². The SMILES string of the molecule is O=C(COC(=O)[C@H]1[C@@H]2C[C@H]3[C@@H]1C(=O)O[C@@H]3C2)NNC(=O)c1ccccc1Cl. The fourth-order valence-electron chi connectivity index (χ4n) is 4.43. The third-order valence-electron chi connectivity index (χ3n) is 5.53. The van der Waals surface area contributed by atoms with Crippen molar-refractivity contribution in [3.63, 3.8) is 0 Å². The highest BCUT2D eigenvalue weighted by Gasteiger charge is 2.64. The van der Waals surface area contributed by atoms with Gasteiger partial charge in [-0.1, -0.05) is 23.7 Å². The second-order valence-electron chi connectivity index (χ2n) is 7.01. The minimum absolute atomic E-state index is 0.0620. The Morgan fingerprint density at radius 1 is 1.19 bits per heavy atom. The number of ether oxygens (including phenoxy) is 2. The molecule has 2 saturated carbocycles. The molecular weight excluding hydrogens is 376 g/mol. The lowest BCUT2D eigenvalue weighted by atomic mass is 9.80. The number of hydrogen-bond donors (Lipinski definition) is 2. The summed E-state index contributed by atoms with van der Waals surface area (Å²) < 4.78 is 10.3. The van der Waals surface area contributed by atoms with Crippen LogP contribution in [0.5, 0.6) is 0 Å². The normalized spacial score (nSPS) is 30.0. The summed E-state index contributed by atoms with van der Waals surface area (Å²) >= 11 is 5.90. The van der Waals surface area contributed by atoms with E-state index in [0.717, 1.165) is 6.42 Å². The molecule has 3 aliphatic rings. The number of rotatable bonds is 4. The second kappa shape index (κ2) is 6.84. The number of carbonyl (C=O) groups is 4. The zero-order chi connectivity index (χ0) is 19.1. The highest BCUT2D eigenvalue weighted by molar-refractivity contribution is 6.33. The fourth-order valence-corrected chi connectivity index (χ4v) is 4.65. The molecule has 142 valence electrons. The maximum absolute atomic E-state index is 12.4. The highest BCUT2D eigenvalue weighted by Crippen LogP contribution is 2.57. The van der Waals surface area contributed by atoms with Gasteiger partial charge in [-0.25, -0.2) is 0 Å². The molecule has 0 unspecified atom stereocenters. The number of benzene rings is 1. The number of carbonyl (C=O) groups excluding carboxylic acids is 4. The Morgan fingerprint density at radius 2 is 1.96 bits per heavy atom. The third-order valence-corrected chi connectivity index (χ3v) is 5.86. The zero-order valence-electron chi connectivity index (χ0n) is 14.1. The van der Waals surface area contributed by atoms with E-state index >= 15 is 0 Å². The molecule has 2 amide bonds. The summed E-state index contributed by atoms with van der Waals surface area (Å²) in [5.41, 5.74) is 4.57. The first-order chi connectivity index (χ1) is 13.0. The first-order valence-corrected chi connectivity index (χ1v) is 9.04. The van der Waals surface area contributed by atoms with Crippen LogP contribution in [0.15, 0.2) is 24.3 Å². The first kappa shape index (κ1) is 17.8. The van der Waals surface area contributed by atoms with Gasteiger partial charge in [0.1, 0.15) is 6.10 Å². The van der Waals surface area contributed by atoms with Crippen molar-refractivity contribution in [2.45, 2.75) is 18.9 Å². The molecule has 2 aliphatic carbocycles. The van der Waals surface area contributed by atoms with Gasteiger partial charge in [0.25, 0.3) is 11.8 Å². The molecule has 1 aliphatic heterocycles. The van der Waals surface area contributed by atoms with Gasteiger partial charge >= 0.3 is 11.9 Å². The second-order valence-corrected chi connectivity index (χ2v) is 7.42. The summed E-state index contributed by atoms with van der Waals surface area (Å²) in [4.78, 5) is 48.1. The lowest BCUT2D eigenvalue weighted by Gasteiger charge is -2.22. The highest BCUT2D eigenvalue weighted by atomic mass is 35.5. The summed E-state index contributed by atoms with van der Waals surface area (Å²) in [6, 6.07) is 6.37. The molecule has 27 heavy (non-hydrogen) atoms. The number of hydrogen-bond acceptors (Lipinski definition) is 6. The van der Waals surface area contributed by atoms with E-state index in [9.17, 15) is 19.2 Å². The summed E-state index contributed by atoms with van der Waals surface area (Å²) in [6.45, 7) is -0.555. The number of amides is 2. The van der Waals surface area contributed by atoms with Crippen LogP contribution in [0.2, 0.25) is 5.02 Å². The molecule has 0 aromatic heterocycles. The van der Waals surface area contributed by atoms with Crippen molar-refractivity contribution in [3.8, 4) is 0 Å². The average Bonchev–Trinajstić information content (AvgIpc) is 3.27. The van der Waals surface area contributed by atoms with Crippen LogP contribution in [0, 0.1) is 23.7 Å². The van der Waals surface area contributed by atoms with E-state index < -0.39 is 36.2 Å². The fraction of sp³-hybridized carbons (Fsp3) is 0.444. The molecule has 4 rings (SSSR count). The van der Waals surface area contributed by atoms with Crippen molar-refractivity contribution in [1.82, 2.24) is 10.9 Å². The van der Waals surface area contributed by atoms with Crippen molar-refractivity contribution in [3.05, 3.63) is 34.9 Å². The van der Waals surface area contributed by atoms with Crippen molar-refractivity contribution >= 4 is 35.4 Å². The van der Waals surface area contributed by atoms with E-state index in [1.807, 2.05) is 0 Å². The predicted molar refractivity (Wildman–Crippen MR) is 91.1 cm³/mol. The van der Waals surface area contributed by atoms with Gasteiger partial charge in [-0.3, -0.25) is 30.0 Å². The van der Waals surface area contributed by atoms with E-state index in [4.69, 9.17) is 21.1 Å². The van der Waals surface area contributed by atoms with Crippen LogP contribution in [0.1, 0.15) is 23.2 Å². The molecule has 0 spiro atoms. The summed E-state index contributed by atoms with van der Waals surface area (Å²) in [7, 11) is 0. The van der Waals surface area contributed by atoms with E-state index in [-0.39, 0.29) is 34.5 Å². The van der Waals surface area contributed by atoms with Crippen molar-refractivity contribution in [2.24, 2.45) is 23.7 Å². The van der Waals surface area contributed by atoms with Gasteiger partial charge in [-0.15, -0.1) is 0 Å². The Morgan fingerprint density at radius 3 is 2.74 bits per heavy atom. The van der Waals surface area contributed by atoms with Gasteiger partial charge in [0.15, 0.2) is 6.61 Å². The van der Waals surface area contributed by atoms with Crippen LogP contribution >= 0.6 is 11.6 Å². The smallest absolute Gasteiger partial charge is 0.310 e. The van der Waals surface area contributed by atoms with Crippen LogP contribution in [0.25, 0.3) is 0 Å². The maximum atomic E-state index is 12.4. The Kier molecular flexibility index (Phi) is 4.51. The Hall–Kier alpha value is -2.61. The topological polar surface area (TPSA) is 111 Å². The van der Waals surface area contributed by atoms with Gasteiger partial charge < -0.3 is 9.47 Å². The molecule has 9 heteroatoms. The molecule has 1 heterocycles. The Labute approximate surface area is 159 Å². The van der Waals surface area contributed by atoms with E-state index in [2.05, 4.69) is 10.9 Å². The van der Waals surface area contributed by atoms with Gasteiger partial charge in [0.05, 0.1) is 22.4 Å². The van der Waals surface area contributed by atoms with Gasteiger partial charge in [-0.05, 0) is 30.9 Å². The van der Waals surface area contributed by atoms with Gasteiger partial charge in [0, 0.05) is 5.92 Å². The number of hydrazine groups is 1. The molecule has 1 aromatic rings. The predicted octanol–water partition coefficient (Wildman–Crippen LogP) is 0.842. The minimum Gasteiger partial charge on any atom is -0.462 e. The lowest BCUT2D eigenvalue weighted by molar-refractivity contribution is -0.158. The van der Waals surface area contributed by atoms with Crippen LogP contribution in [0.3, 0.4) is 0 Å². The minimum atomic E-state index is -0.696. The van der Waals surface area contributed by atoms with E-state index in [0.29, 0.717) is 6.42 Å². The van der Waals surface area contributed by atoms with Crippen LogP contribution in [0.4, 0.5) is 0 Å². The molecule has 1 aromatic carbocycles. The van der Waals surface area contributed by atoms with Crippen LogP contribution in [-0.2, 0) is 23.9 Å². The molecule has 2 bridgehead atoms. The molecule has 5 atom stereocenters. The van der Waals surface area contributed by atoms with Crippen molar-refractivity contribution in [1.29, 1.82) is 0 Å². The molecule has 2 N–H and O–H groups in total. The zero-order valence-corrected chi connectivity index (χ0v) is 14.9. The summed E-state index contributed by atoms with van der Waals surface area (Å²) in [5, 5.41) is 0.244. The Bertz CT molecular complexity index is 826. The number of esters is 2. The van der Waals surface area contributed by atoms with Crippen LogP contribution in [-0.4, -0.2) is 36.5 Å². The maximum Gasteiger partial charge on any atom is 0.310 e. The average molecular weight is 393 g/mol. The molecule has 8 nitrogen and oxygen atoms in total. The number of halogens is 1. The van der Waals surface area contributed by atoms with Crippen LogP contribution < -0.4 is 10.9 Å². The lowest BCUT2D eigenvalue weighted by Crippen LogP contribution is -2.44. The molecular formula is C18H17ClN2O6. The first-order valence-electron chi connectivity index (χ1n) is 8.66. The van der Waals surface area contributed by atoms with Crippen molar-refractivity contribution in [2.75, 3.05) is 6.61 Å². The monoisotopic (exact) mass is 392 g/mol. The Balaban J connectivity index is 1.26. The van der Waals surface area contributed by atoms with Crippen molar-refractivity contribution < 1.29 is 28.7 Å². The summed E-state index contributed by atoms with van der Waals surface area (Å²) in [5.74, 6) is -3.06. The molecule has 1 saturated heterocycles. The molecule has 0 radical (unpaired) electrons. The van der Waals surface area contributed by atoms with E-state index in [1.165, 1.54) is 6.07 Å². The molecule has 3 fully saturated rings. The standard InChI is InChI=1S/C18H17ClN2O6/c19-11-4-2-1-3-9(11)16(23)21-20-13(22)7-26-17(24)14-8-5-10-12(6-8)27-18(25)15(10)14/h1-4,8,10,12,14-15H,5-7H2,(H,20,22)(H,21,23)/t8-,10-,12-,14+,15+/m1/s1. The van der Waals surface area contributed by atoms with E-state index in [1.54, 1.807) is 18.2 Å². The largest absolute Gasteiger partial charge is 0.462 e. The number of nitrogens with one attached hydrogen (secondary N) is 2.